The fraction of sp³-hybridized carbons (Fsp3) is 0.462. The first-order chi connectivity index (χ1) is 8.25. The minimum absolute atomic E-state index is 0.0117. The number of rotatable bonds is 2. The Balaban J connectivity index is 1.93. The molecule has 0 saturated carbocycles. The molecule has 92 valence electrons. The van der Waals surface area contributed by atoms with Crippen LogP contribution in [0.2, 0.25) is 0 Å². The third-order valence-corrected chi connectivity index (χ3v) is 3.01. The molecular formula is C13H18N2O2. The van der Waals surface area contributed by atoms with Crippen LogP contribution in [0.3, 0.4) is 0 Å². The zero-order valence-electron chi connectivity index (χ0n) is 9.78. The molecule has 1 atom stereocenters. The SMILES string of the molecule is O=C(Nc1ccc(O)cc1)C1CCCCCN1. The number of anilines is 1. The van der Waals surface area contributed by atoms with Crippen molar-refractivity contribution < 1.29 is 9.90 Å². The van der Waals surface area contributed by atoms with E-state index in [1.165, 1.54) is 6.42 Å². The van der Waals surface area contributed by atoms with Crippen molar-refractivity contribution >= 4 is 11.6 Å². The lowest BCUT2D eigenvalue weighted by Gasteiger charge is -2.15. The third-order valence-electron chi connectivity index (χ3n) is 3.01. The minimum atomic E-state index is -0.0914. The lowest BCUT2D eigenvalue weighted by Crippen LogP contribution is -2.39. The molecule has 0 aliphatic carbocycles. The second kappa shape index (κ2) is 5.68. The van der Waals surface area contributed by atoms with Gasteiger partial charge in [0, 0.05) is 5.69 Å². The first kappa shape index (κ1) is 11.9. The quantitative estimate of drug-likeness (QED) is 0.684. The number of benzene rings is 1. The number of carbonyl (C=O) groups excluding carboxylic acids is 1. The van der Waals surface area contributed by atoms with E-state index in [9.17, 15) is 4.79 Å². The van der Waals surface area contributed by atoms with E-state index in [0.29, 0.717) is 0 Å². The molecule has 0 spiro atoms. The van der Waals surface area contributed by atoms with Crippen LogP contribution in [0, 0.1) is 0 Å². The molecule has 4 heteroatoms. The van der Waals surface area contributed by atoms with E-state index in [2.05, 4.69) is 10.6 Å². The number of hydrogen-bond acceptors (Lipinski definition) is 3. The van der Waals surface area contributed by atoms with Crippen molar-refractivity contribution in [3.63, 3.8) is 0 Å². The van der Waals surface area contributed by atoms with Gasteiger partial charge in [0.15, 0.2) is 0 Å². The molecule has 0 radical (unpaired) electrons. The summed E-state index contributed by atoms with van der Waals surface area (Å²) in [4.78, 5) is 12.0. The van der Waals surface area contributed by atoms with Crippen LogP contribution in [0.25, 0.3) is 0 Å². The Bertz CT molecular complexity index is 368. The fourth-order valence-electron chi connectivity index (χ4n) is 2.03. The zero-order chi connectivity index (χ0) is 12.1. The van der Waals surface area contributed by atoms with Gasteiger partial charge in [0.1, 0.15) is 5.75 Å². The molecule has 2 rings (SSSR count). The van der Waals surface area contributed by atoms with Crippen LogP contribution in [-0.2, 0) is 4.79 Å². The summed E-state index contributed by atoms with van der Waals surface area (Å²) < 4.78 is 0. The van der Waals surface area contributed by atoms with Crippen molar-refractivity contribution in [1.82, 2.24) is 5.32 Å². The van der Waals surface area contributed by atoms with Crippen molar-refractivity contribution in [3.8, 4) is 5.75 Å². The number of carbonyl (C=O) groups is 1. The Hall–Kier alpha value is -1.55. The van der Waals surface area contributed by atoms with Gasteiger partial charge in [-0.15, -0.1) is 0 Å². The van der Waals surface area contributed by atoms with Crippen molar-refractivity contribution in [3.05, 3.63) is 24.3 Å². The molecule has 4 nitrogen and oxygen atoms in total. The Morgan fingerprint density at radius 1 is 1.24 bits per heavy atom. The van der Waals surface area contributed by atoms with E-state index in [-0.39, 0.29) is 17.7 Å². The summed E-state index contributed by atoms with van der Waals surface area (Å²) in [6.07, 6.45) is 4.32. The summed E-state index contributed by atoms with van der Waals surface area (Å²) in [6.45, 7) is 0.910. The summed E-state index contributed by atoms with van der Waals surface area (Å²) in [7, 11) is 0. The normalized spacial score (nSPS) is 20.6. The van der Waals surface area contributed by atoms with Gasteiger partial charge in [-0.1, -0.05) is 12.8 Å². The van der Waals surface area contributed by atoms with Crippen LogP contribution in [0.5, 0.6) is 5.75 Å². The highest BCUT2D eigenvalue weighted by Crippen LogP contribution is 2.15. The summed E-state index contributed by atoms with van der Waals surface area (Å²) in [6, 6.07) is 6.44. The maximum atomic E-state index is 12.0. The Labute approximate surface area is 101 Å². The molecule has 1 unspecified atom stereocenters. The summed E-state index contributed by atoms with van der Waals surface area (Å²) >= 11 is 0. The highest BCUT2D eigenvalue weighted by Gasteiger charge is 2.19. The average Bonchev–Trinajstić information content (AvgIpc) is 2.61. The number of hydrogen-bond donors (Lipinski definition) is 3. The third kappa shape index (κ3) is 3.46. The Kier molecular flexibility index (Phi) is 3.98. The molecule has 1 amide bonds. The number of nitrogens with one attached hydrogen (secondary N) is 2. The van der Waals surface area contributed by atoms with E-state index in [0.717, 1.165) is 31.5 Å². The van der Waals surface area contributed by atoms with Crippen molar-refractivity contribution in [1.29, 1.82) is 0 Å². The first-order valence-corrected chi connectivity index (χ1v) is 6.09. The molecule has 3 N–H and O–H groups in total. The molecule has 1 aromatic carbocycles. The molecule has 1 aliphatic rings. The summed E-state index contributed by atoms with van der Waals surface area (Å²) in [5.74, 6) is 0.216. The van der Waals surface area contributed by atoms with E-state index in [1.54, 1.807) is 24.3 Å². The Morgan fingerprint density at radius 2 is 2.00 bits per heavy atom. The zero-order valence-corrected chi connectivity index (χ0v) is 9.78. The number of phenolic OH excluding ortho intramolecular Hbond substituents is 1. The van der Waals surface area contributed by atoms with Gasteiger partial charge in [0.05, 0.1) is 6.04 Å². The smallest absolute Gasteiger partial charge is 0.241 e. The standard InChI is InChI=1S/C13H18N2O2/c16-11-7-5-10(6-8-11)15-13(17)12-4-2-1-3-9-14-12/h5-8,12,14,16H,1-4,9H2,(H,15,17). The minimum Gasteiger partial charge on any atom is -0.508 e. The highest BCUT2D eigenvalue weighted by molar-refractivity contribution is 5.94. The van der Waals surface area contributed by atoms with Crippen molar-refractivity contribution in [2.24, 2.45) is 0 Å². The van der Waals surface area contributed by atoms with Gasteiger partial charge >= 0.3 is 0 Å². The van der Waals surface area contributed by atoms with E-state index in [4.69, 9.17) is 5.11 Å². The van der Waals surface area contributed by atoms with Crippen LogP contribution in [0.15, 0.2) is 24.3 Å². The number of amides is 1. The maximum absolute atomic E-state index is 12.0. The van der Waals surface area contributed by atoms with Crippen LogP contribution < -0.4 is 10.6 Å². The predicted octanol–water partition coefficient (Wildman–Crippen LogP) is 1.86. The molecule has 1 aromatic rings. The van der Waals surface area contributed by atoms with Crippen molar-refractivity contribution in [2.45, 2.75) is 31.7 Å². The van der Waals surface area contributed by atoms with Crippen LogP contribution >= 0.6 is 0 Å². The fourth-order valence-corrected chi connectivity index (χ4v) is 2.03. The topological polar surface area (TPSA) is 61.4 Å². The van der Waals surface area contributed by atoms with Gasteiger partial charge in [0.25, 0.3) is 0 Å². The molecule has 0 bridgehead atoms. The second-order valence-corrected chi connectivity index (χ2v) is 4.39. The van der Waals surface area contributed by atoms with Crippen LogP contribution in [-0.4, -0.2) is 23.6 Å². The maximum Gasteiger partial charge on any atom is 0.241 e. The molecule has 1 saturated heterocycles. The molecule has 0 aromatic heterocycles. The number of phenols is 1. The second-order valence-electron chi connectivity index (χ2n) is 4.39. The first-order valence-electron chi connectivity index (χ1n) is 6.09. The predicted molar refractivity (Wildman–Crippen MR) is 67.0 cm³/mol. The Morgan fingerprint density at radius 3 is 2.76 bits per heavy atom. The molecule has 1 aliphatic heterocycles. The van der Waals surface area contributed by atoms with Gasteiger partial charge < -0.3 is 15.7 Å². The summed E-state index contributed by atoms with van der Waals surface area (Å²) in [5.41, 5.74) is 0.721. The average molecular weight is 234 g/mol. The van der Waals surface area contributed by atoms with Gasteiger partial charge in [-0.25, -0.2) is 0 Å². The highest BCUT2D eigenvalue weighted by atomic mass is 16.3. The molecular weight excluding hydrogens is 216 g/mol. The van der Waals surface area contributed by atoms with Gasteiger partial charge in [-0.2, -0.15) is 0 Å². The largest absolute Gasteiger partial charge is 0.508 e. The lowest BCUT2D eigenvalue weighted by molar-refractivity contribution is -0.118. The molecule has 1 heterocycles. The molecule has 17 heavy (non-hydrogen) atoms. The van der Waals surface area contributed by atoms with Gasteiger partial charge in [-0.3, -0.25) is 4.79 Å². The molecule has 1 fully saturated rings. The van der Waals surface area contributed by atoms with E-state index >= 15 is 0 Å². The van der Waals surface area contributed by atoms with Crippen LogP contribution in [0.1, 0.15) is 25.7 Å². The summed E-state index contributed by atoms with van der Waals surface area (Å²) in [5, 5.41) is 15.3. The van der Waals surface area contributed by atoms with Crippen LogP contribution in [0.4, 0.5) is 5.69 Å². The number of aromatic hydroxyl groups is 1. The van der Waals surface area contributed by atoms with Gasteiger partial charge in [-0.05, 0) is 43.7 Å². The lowest BCUT2D eigenvalue weighted by atomic mass is 10.1. The van der Waals surface area contributed by atoms with E-state index < -0.39 is 0 Å². The monoisotopic (exact) mass is 234 g/mol. The van der Waals surface area contributed by atoms with Gasteiger partial charge in [0.2, 0.25) is 5.91 Å². The van der Waals surface area contributed by atoms with Crippen molar-refractivity contribution in [2.75, 3.05) is 11.9 Å². The van der Waals surface area contributed by atoms with E-state index in [1.807, 2.05) is 0 Å².